The predicted molar refractivity (Wildman–Crippen MR) is 72.8 cm³/mol. The lowest BCUT2D eigenvalue weighted by Gasteiger charge is -2.13. The second-order valence-electron chi connectivity index (χ2n) is 4.48. The molecular weight excluding hydrogens is 224 g/mol. The Morgan fingerprint density at radius 3 is 2.78 bits per heavy atom. The minimum atomic E-state index is 0.841. The fourth-order valence-corrected chi connectivity index (χ4v) is 1.97. The average Bonchev–Trinajstić information content (AvgIpc) is 2.77. The molecule has 2 aromatic rings. The first kappa shape index (κ1) is 12.8. The van der Waals surface area contributed by atoms with Crippen molar-refractivity contribution in [3.8, 4) is 5.69 Å². The molecule has 0 aliphatic carbocycles. The van der Waals surface area contributed by atoms with Crippen molar-refractivity contribution in [1.82, 2.24) is 19.9 Å². The quantitative estimate of drug-likeness (QED) is 0.821. The van der Waals surface area contributed by atoms with Crippen LogP contribution >= 0.6 is 0 Å². The molecule has 96 valence electrons. The molecule has 0 atom stereocenters. The van der Waals surface area contributed by atoms with Gasteiger partial charge in [0.2, 0.25) is 0 Å². The van der Waals surface area contributed by atoms with Crippen LogP contribution in [0.1, 0.15) is 30.4 Å². The summed E-state index contributed by atoms with van der Waals surface area (Å²) in [7, 11) is 0. The number of imidazole rings is 1. The molecule has 0 aromatic carbocycles. The van der Waals surface area contributed by atoms with E-state index >= 15 is 0 Å². The van der Waals surface area contributed by atoms with Crippen LogP contribution in [0, 0.1) is 13.8 Å². The van der Waals surface area contributed by atoms with Crippen LogP contribution in [0.15, 0.2) is 24.7 Å². The molecule has 0 amide bonds. The number of nitrogens with one attached hydrogen (secondary N) is 1. The third-order valence-electron chi connectivity index (χ3n) is 2.93. The first-order chi connectivity index (χ1) is 8.72. The maximum atomic E-state index is 4.38. The average molecular weight is 244 g/mol. The molecule has 0 unspecified atom stereocenters. The van der Waals surface area contributed by atoms with E-state index in [4.69, 9.17) is 0 Å². The number of nitrogens with zero attached hydrogens (tertiary/aromatic N) is 3. The molecule has 4 heteroatoms. The molecule has 0 spiro atoms. The third kappa shape index (κ3) is 2.76. The maximum Gasteiger partial charge on any atom is 0.110 e. The Bertz CT molecular complexity index is 516. The van der Waals surface area contributed by atoms with Crippen LogP contribution in [0.2, 0.25) is 0 Å². The summed E-state index contributed by atoms with van der Waals surface area (Å²) in [6.07, 6.45) is 6.91. The molecule has 0 saturated heterocycles. The van der Waals surface area contributed by atoms with Gasteiger partial charge < -0.3 is 9.88 Å². The van der Waals surface area contributed by atoms with Crippen LogP contribution in [0.4, 0.5) is 0 Å². The molecule has 0 saturated carbocycles. The van der Waals surface area contributed by atoms with E-state index < -0.39 is 0 Å². The van der Waals surface area contributed by atoms with Gasteiger partial charge in [-0.15, -0.1) is 0 Å². The summed E-state index contributed by atoms with van der Waals surface area (Å²) in [5.74, 6) is 0.998. The van der Waals surface area contributed by atoms with Crippen molar-refractivity contribution in [2.24, 2.45) is 0 Å². The molecule has 2 aromatic heterocycles. The van der Waals surface area contributed by atoms with E-state index in [2.05, 4.69) is 32.8 Å². The monoisotopic (exact) mass is 244 g/mol. The Morgan fingerprint density at radius 1 is 1.28 bits per heavy atom. The summed E-state index contributed by atoms with van der Waals surface area (Å²) in [4.78, 5) is 8.67. The lowest BCUT2D eigenvalue weighted by molar-refractivity contribution is 0.670. The van der Waals surface area contributed by atoms with Crippen LogP contribution in [0.3, 0.4) is 0 Å². The van der Waals surface area contributed by atoms with Crippen molar-refractivity contribution >= 4 is 0 Å². The van der Waals surface area contributed by atoms with Crippen LogP contribution in [0.5, 0.6) is 0 Å². The largest absolute Gasteiger partial charge is 0.313 e. The molecule has 18 heavy (non-hydrogen) atoms. The zero-order valence-electron chi connectivity index (χ0n) is 11.3. The van der Waals surface area contributed by atoms with Gasteiger partial charge in [-0.05, 0) is 32.9 Å². The molecule has 4 nitrogen and oxygen atoms in total. The molecule has 0 bridgehead atoms. The Labute approximate surface area is 108 Å². The van der Waals surface area contributed by atoms with Gasteiger partial charge in [0, 0.05) is 36.4 Å². The lowest BCUT2D eigenvalue weighted by atomic mass is 10.2. The van der Waals surface area contributed by atoms with E-state index in [9.17, 15) is 0 Å². The number of hydrogen-bond acceptors (Lipinski definition) is 3. The smallest absolute Gasteiger partial charge is 0.110 e. The zero-order valence-corrected chi connectivity index (χ0v) is 11.3. The summed E-state index contributed by atoms with van der Waals surface area (Å²) in [5, 5.41) is 3.42. The Balaban J connectivity index is 2.32. The van der Waals surface area contributed by atoms with Gasteiger partial charge in [0.05, 0.1) is 5.69 Å². The topological polar surface area (TPSA) is 42.7 Å². The SMILES string of the molecule is CCCNCc1cnc(C)cc1-n1ccnc1C. The van der Waals surface area contributed by atoms with Crippen LogP contribution in [0.25, 0.3) is 5.69 Å². The van der Waals surface area contributed by atoms with Gasteiger partial charge in [-0.1, -0.05) is 6.92 Å². The number of pyridine rings is 1. The van der Waals surface area contributed by atoms with Crippen LogP contribution in [-0.4, -0.2) is 21.1 Å². The minimum Gasteiger partial charge on any atom is -0.313 e. The summed E-state index contributed by atoms with van der Waals surface area (Å²) >= 11 is 0. The van der Waals surface area contributed by atoms with Crippen molar-refractivity contribution in [1.29, 1.82) is 0 Å². The summed E-state index contributed by atoms with van der Waals surface area (Å²) < 4.78 is 2.11. The van der Waals surface area contributed by atoms with E-state index in [1.807, 2.05) is 32.4 Å². The highest BCUT2D eigenvalue weighted by Gasteiger charge is 2.07. The Hall–Kier alpha value is -1.68. The van der Waals surface area contributed by atoms with Gasteiger partial charge in [-0.25, -0.2) is 4.98 Å². The third-order valence-corrected chi connectivity index (χ3v) is 2.93. The fraction of sp³-hybridized carbons (Fsp3) is 0.429. The molecule has 0 aliphatic heterocycles. The lowest BCUT2D eigenvalue weighted by Crippen LogP contribution is -2.16. The first-order valence-electron chi connectivity index (χ1n) is 6.39. The summed E-state index contributed by atoms with van der Waals surface area (Å²) in [6, 6.07) is 2.11. The van der Waals surface area contributed by atoms with Gasteiger partial charge in [-0.2, -0.15) is 0 Å². The highest BCUT2D eigenvalue weighted by Crippen LogP contribution is 2.16. The van der Waals surface area contributed by atoms with E-state index in [0.717, 1.165) is 31.0 Å². The van der Waals surface area contributed by atoms with Crippen molar-refractivity contribution in [2.75, 3.05) is 6.54 Å². The Kier molecular flexibility index (Phi) is 4.10. The first-order valence-corrected chi connectivity index (χ1v) is 6.39. The molecule has 2 heterocycles. The fourth-order valence-electron chi connectivity index (χ4n) is 1.97. The Morgan fingerprint density at radius 2 is 2.11 bits per heavy atom. The van der Waals surface area contributed by atoms with E-state index in [0.29, 0.717) is 0 Å². The van der Waals surface area contributed by atoms with Crippen molar-refractivity contribution in [2.45, 2.75) is 33.7 Å². The second-order valence-corrected chi connectivity index (χ2v) is 4.48. The van der Waals surface area contributed by atoms with Crippen molar-refractivity contribution < 1.29 is 0 Å². The number of hydrogen-bond donors (Lipinski definition) is 1. The number of aryl methyl sites for hydroxylation is 2. The van der Waals surface area contributed by atoms with E-state index in [-0.39, 0.29) is 0 Å². The zero-order chi connectivity index (χ0) is 13.0. The molecule has 0 aliphatic rings. The summed E-state index contributed by atoms with van der Waals surface area (Å²) in [5.41, 5.74) is 3.40. The van der Waals surface area contributed by atoms with Crippen molar-refractivity contribution in [3.63, 3.8) is 0 Å². The predicted octanol–water partition coefficient (Wildman–Crippen LogP) is 2.38. The normalized spacial score (nSPS) is 10.8. The number of aromatic nitrogens is 3. The maximum absolute atomic E-state index is 4.38. The number of rotatable bonds is 5. The van der Waals surface area contributed by atoms with Crippen LogP contribution in [-0.2, 0) is 6.54 Å². The van der Waals surface area contributed by atoms with Gasteiger partial charge in [0.25, 0.3) is 0 Å². The van der Waals surface area contributed by atoms with Crippen molar-refractivity contribution in [3.05, 3.63) is 41.7 Å². The second kappa shape index (κ2) is 5.78. The standard InChI is InChI=1S/C14H20N4/c1-4-5-15-9-13-10-17-11(2)8-14(13)18-7-6-16-12(18)3/h6-8,10,15H,4-5,9H2,1-3H3. The minimum absolute atomic E-state index is 0.841. The van der Waals surface area contributed by atoms with Gasteiger partial charge in [0.15, 0.2) is 0 Å². The van der Waals surface area contributed by atoms with Gasteiger partial charge >= 0.3 is 0 Å². The van der Waals surface area contributed by atoms with E-state index in [1.165, 1.54) is 11.3 Å². The summed E-state index contributed by atoms with van der Waals surface area (Å²) in [6.45, 7) is 8.06. The van der Waals surface area contributed by atoms with Gasteiger partial charge in [0.1, 0.15) is 5.82 Å². The van der Waals surface area contributed by atoms with Gasteiger partial charge in [-0.3, -0.25) is 4.98 Å². The molecule has 2 rings (SSSR count). The molecular formula is C14H20N4. The molecule has 0 radical (unpaired) electrons. The molecule has 0 fully saturated rings. The van der Waals surface area contributed by atoms with Crippen LogP contribution < -0.4 is 5.32 Å². The van der Waals surface area contributed by atoms with E-state index in [1.54, 1.807) is 0 Å². The highest BCUT2D eigenvalue weighted by atomic mass is 15.1. The molecule has 1 N–H and O–H groups in total. The highest BCUT2D eigenvalue weighted by molar-refractivity contribution is 5.41.